The molecular weight excluding hydrogens is 394 g/mol. The van der Waals surface area contributed by atoms with Gasteiger partial charge in [-0.1, -0.05) is 6.07 Å². The Bertz CT molecular complexity index is 1180. The summed E-state index contributed by atoms with van der Waals surface area (Å²) in [6.07, 6.45) is 0. The lowest BCUT2D eigenvalue weighted by Gasteiger charge is -2.13. The van der Waals surface area contributed by atoms with E-state index < -0.39 is 0 Å². The fourth-order valence-corrected chi connectivity index (χ4v) is 3.27. The predicted octanol–water partition coefficient (Wildman–Crippen LogP) is 3.65. The minimum atomic E-state index is 0.207. The van der Waals surface area contributed by atoms with Crippen molar-refractivity contribution in [1.82, 2.24) is 19.6 Å². The minimum Gasteiger partial charge on any atom is -0.497 e. The number of para-hydroxylation sites is 1. The highest BCUT2D eigenvalue weighted by Gasteiger charge is 2.16. The van der Waals surface area contributed by atoms with Crippen LogP contribution in [0.3, 0.4) is 0 Å². The van der Waals surface area contributed by atoms with Crippen molar-refractivity contribution >= 4 is 34.1 Å². The molecule has 0 saturated carbocycles. The highest BCUT2D eigenvalue weighted by molar-refractivity contribution is 6.16. The van der Waals surface area contributed by atoms with Gasteiger partial charge in [-0.3, -0.25) is 0 Å². The Hall–Kier alpha value is -3.26. The molecule has 4 aromatic rings. The van der Waals surface area contributed by atoms with E-state index in [1.807, 2.05) is 36.4 Å². The van der Waals surface area contributed by atoms with Gasteiger partial charge in [0, 0.05) is 23.6 Å². The minimum absolute atomic E-state index is 0.207. The van der Waals surface area contributed by atoms with Crippen molar-refractivity contribution in [2.45, 2.75) is 12.4 Å². The summed E-state index contributed by atoms with van der Waals surface area (Å²) in [6, 6.07) is 11.4. The Labute approximate surface area is 172 Å². The zero-order valence-corrected chi connectivity index (χ0v) is 17.0. The second-order valence-corrected chi connectivity index (χ2v) is 6.49. The number of alkyl halides is 1. The molecule has 0 bridgehead atoms. The molecule has 2 heterocycles. The maximum atomic E-state index is 5.97. The van der Waals surface area contributed by atoms with E-state index in [0.717, 1.165) is 16.7 Å². The molecule has 0 unspecified atom stereocenters. The number of nitrogens with one attached hydrogen (secondary N) is 1. The van der Waals surface area contributed by atoms with Crippen molar-refractivity contribution in [3.05, 3.63) is 47.8 Å². The normalized spacial score (nSPS) is 11.0. The second kappa shape index (κ2) is 8.00. The number of methoxy groups -OCH3 is 3. The van der Waals surface area contributed by atoms with Crippen LogP contribution in [0.1, 0.15) is 11.4 Å². The smallest absolute Gasteiger partial charge is 0.226 e. The lowest BCUT2D eigenvalue weighted by Crippen LogP contribution is -2.09. The zero-order valence-electron chi connectivity index (χ0n) is 16.3. The summed E-state index contributed by atoms with van der Waals surface area (Å²) in [5.74, 6) is 3.35. The number of anilines is 1. The van der Waals surface area contributed by atoms with E-state index in [4.69, 9.17) is 30.8 Å². The first kappa shape index (κ1) is 19.1. The molecule has 0 fully saturated rings. The summed E-state index contributed by atoms with van der Waals surface area (Å²) >= 11 is 5.97. The molecule has 0 aliphatic carbocycles. The van der Waals surface area contributed by atoms with Crippen molar-refractivity contribution in [2.75, 3.05) is 26.6 Å². The lowest BCUT2D eigenvalue weighted by atomic mass is 10.2. The number of benzene rings is 2. The molecule has 2 aromatic heterocycles. The van der Waals surface area contributed by atoms with Crippen LogP contribution < -0.4 is 19.5 Å². The van der Waals surface area contributed by atoms with Crippen LogP contribution in [0.2, 0.25) is 0 Å². The molecule has 9 heteroatoms. The molecule has 8 nitrogen and oxygen atoms in total. The molecule has 0 amide bonds. The second-order valence-electron chi connectivity index (χ2n) is 6.22. The Morgan fingerprint density at radius 2 is 1.83 bits per heavy atom. The van der Waals surface area contributed by atoms with E-state index in [9.17, 15) is 0 Å². The molecule has 0 saturated heterocycles. The molecule has 0 aliphatic rings. The van der Waals surface area contributed by atoms with Crippen molar-refractivity contribution in [1.29, 1.82) is 0 Å². The first-order valence-electron chi connectivity index (χ1n) is 8.91. The summed E-state index contributed by atoms with van der Waals surface area (Å²) in [5.41, 5.74) is 2.30. The van der Waals surface area contributed by atoms with Gasteiger partial charge in [-0.15, -0.1) is 16.7 Å². The monoisotopic (exact) mass is 413 g/mol. The van der Waals surface area contributed by atoms with Crippen LogP contribution in [0.25, 0.3) is 16.6 Å². The van der Waals surface area contributed by atoms with Gasteiger partial charge in [0.05, 0.1) is 27.2 Å². The van der Waals surface area contributed by atoms with Crippen molar-refractivity contribution < 1.29 is 14.2 Å². The molecule has 0 atom stereocenters. The van der Waals surface area contributed by atoms with E-state index in [1.165, 1.54) is 0 Å². The standard InChI is InChI=1S/C20H20ClN5O3/c1-27-13-8-7-12(16(9-13)29-3)11-22-20-24-18-14(5-4-6-15(18)28-2)19-23-17(10-21)25-26(19)20/h4-9H,10-11H2,1-3H3,(H,22,24). The first-order valence-corrected chi connectivity index (χ1v) is 9.45. The van der Waals surface area contributed by atoms with E-state index in [2.05, 4.69) is 15.4 Å². The number of hydrogen-bond acceptors (Lipinski definition) is 7. The van der Waals surface area contributed by atoms with Gasteiger partial charge < -0.3 is 19.5 Å². The first-order chi connectivity index (χ1) is 14.2. The fraction of sp³-hybridized carbons (Fsp3) is 0.250. The number of nitrogens with zero attached hydrogens (tertiary/aromatic N) is 4. The summed E-state index contributed by atoms with van der Waals surface area (Å²) in [7, 11) is 4.86. The Morgan fingerprint density at radius 1 is 1.00 bits per heavy atom. The van der Waals surface area contributed by atoms with Crippen molar-refractivity contribution in [2.24, 2.45) is 0 Å². The van der Waals surface area contributed by atoms with Crippen LogP contribution in [0.15, 0.2) is 36.4 Å². The molecule has 150 valence electrons. The summed E-state index contributed by atoms with van der Waals surface area (Å²) in [6.45, 7) is 0.464. The molecule has 0 radical (unpaired) electrons. The average Bonchev–Trinajstić information content (AvgIpc) is 3.22. The maximum absolute atomic E-state index is 5.97. The van der Waals surface area contributed by atoms with Crippen LogP contribution in [0.4, 0.5) is 5.95 Å². The predicted molar refractivity (Wildman–Crippen MR) is 111 cm³/mol. The highest BCUT2D eigenvalue weighted by Crippen LogP contribution is 2.29. The largest absolute Gasteiger partial charge is 0.497 e. The van der Waals surface area contributed by atoms with Gasteiger partial charge in [0.1, 0.15) is 22.8 Å². The molecule has 0 spiro atoms. The summed E-state index contributed by atoms with van der Waals surface area (Å²) in [4.78, 5) is 9.29. The number of aromatic nitrogens is 4. The summed E-state index contributed by atoms with van der Waals surface area (Å²) < 4.78 is 17.9. The van der Waals surface area contributed by atoms with Crippen LogP contribution in [-0.2, 0) is 12.4 Å². The quantitative estimate of drug-likeness (QED) is 0.463. The SMILES string of the molecule is COc1ccc(CNc2nc3c(OC)cccc3c3nc(CCl)nn23)c(OC)c1. The number of fused-ring (bicyclic) bond motifs is 3. The third-order valence-electron chi connectivity index (χ3n) is 4.58. The van der Waals surface area contributed by atoms with Gasteiger partial charge in [-0.25, -0.2) is 9.97 Å². The van der Waals surface area contributed by atoms with Crippen LogP contribution in [0, 0.1) is 0 Å². The van der Waals surface area contributed by atoms with Crippen molar-refractivity contribution in [3.63, 3.8) is 0 Å². The molecule has 0 aliphatic heterocycles. The summed E-state index contributed by atoms with van der Waals surface area (Å²) in [5, 5.41) is 8.64. The number of rotatable bonds is 7. The van der Waals surface area contributed by atoms with Gasteiger partial charge in [-0.05, 0) is 24.3 Å². The third kappa shape index (κ3) is 3.47. The van der Waals surface area contributed by atoms with Crippen molar-refractivity contribution in [3.8, 4) is 17.2 Å². The van der Waals surface area contributed by atoms with Gasteiger partial charge in [-0.2, -0.15) is 4.52 Å². The average molecular weight is 414 g/mol. The van der Waals surface area contributed by atoms with E-state index in [1.54, 1.807) is 25.8 Å². The Kier molecular flexibility index (Phi) is 5.26. The molecular formula is C20H20ClN5O3. The van der Waals surface area contributed by atoms with Crippen LogP contribution in [0.5, 0.6) is 17.2 Å². The Morgan fingerprint density at radius 3 is 2.55 bits per heavy atom. The molecule has 4 rings (SSSR count). The van der Waals surface area contributed by atoms with Gasteiger partial charge in [0.2, 0.25) is 5.95 Å². The van der Waals surface area contributed by atoms with E-state index in [-0.39, 0.29) is 5.88 Å². The number of ether oxygens (including phenoxy) is 3. The third-order valence-corrected chi connectivity index (χ3v) is 4.82. The van der Waals surface area contributed by atoms with Gasteiger partial charge in [0.15, 0.2) is 11.5 Å². The number of hydrogen-bond donors (Lipinski definition) is 1. The highest BCUT2D eigenvalue weighted by atomic mass is 35.5. The molecule has 2 aromatic carbocycles. The van der Waals surface area contributed by atoms with E-state index >= 15 is 0 Å². The van der Waals surface area contributed by atoms with Gasteiger partial charge in [0.25, 0.3) is 0 Å². The van der Waals surface area contributed by atoms with E-state index in [0.29, 0.717) is 41.0 Å². The van der Waals surface area contributed by atoms with Crippen LogP contribution >= 0.6 is 11.6 Å². The zero-order chi connectivity index (χ0) is 20.4. The maximum Gasteiger partial charge on any atom is 0.226 e. The topological polar surface area (TPSA) is 82.8 Å². The van der Waals surface area contributed by atoms with Crippen LogP contribution in [-0.4, -0.2) is 40.9 Å². The Balaban J connectivity index is 1.79. The van der Waals surface area contributed by atoms with Gasteiger partial charge >= 0.3 is 0 Å². The molecule has 29 heavy (non-hydrogen) atoms. The molecule has 1 N–H and O–H groups in total. The lowest BCUT2D eigenvalue weighted by molar-refractivity contribution is 0.391. The number of halogens is 1. The fourth-order valence-electron chi connectivity index (χ4n) is 3.16.